The molecule has 0 bridgehead atoms. The van der Waals surface area contributed by atoms with Crippen LogP contribution in [0.1, 0.15) is 45.2 Å². The third-order valence-electron chi connectivity index (χ3n) is 4.15. The van der Waals surface area contributed by atoms with Gasteiger partial charge in [0.25, 0.3) is 0 Å². The molecule has 0 atom stereocenters. The Kier molecular flexibility index (Phi) is 5.49. The van der Waals surface area contributed by atoms with Crippen LogP contribution in [0, 0.1) is 0 Å². The molecular weight excluding hydrogens is 320 g/mol. The second-order valence-corrected chi connectivity index (χ2v) is 6.92. The third-order valence-corrected chi connectivity index (χ3v) is 4.25. The van der Waals surface area contributed by atoms with Crippen molar-refractivity contribution in [1.82, 2.24) is 5.43 Å². The minimum absolute atomic E-state index is 0.0268. The Morgan fingerprint density at radius 3 is 2.75 bits per heavy atom. The van der Waals surface area contributed by atoms with E-state index in [0.717, 1.165) is 24.3 Å². The number of rotatable bonds is 5. The number of anilines is 1. The van der Waals surface area contributed by atoms with Crippen molar-refractivity contribution in [3.63, 3.8) is 0 Å². The Labute approximate surface area is 149 Å². The molecule has 1 aliphatic heterocycles. The molecule has 0 fully saturated rings. The predicted molar refractivity (Wildman–Crippen MR) is 106 cm³/mol. The predicted octanol–water partition coefficient (Wildman–Crippen LogP) is 3.27. The summed E-state index contributed by atoms with van der Waals surface area (Å²) in [5.74, 6) is 0.772. The Balaban J connectivity index is 2.53. The number of methoxy groups -OCH3 is 1. The Morgan fingerprint density at radius 2 is 2.17 bits per heavy atom. The zero-order chi connectivity index (χ0) is 17.9. The van der Waals surface area contributed by atoms with Crippen molar-refractivity contribution >= 4 is 34.8 Å². The lowest BCUT2D eigenvalue weighted by Gasteiger charge is -2.43. The number of hydrogen-bond donors (Lipinski definition) is 2. The summed E-state index contributed by atoms with van der Waals surface area (Å²) in [6.07, 6.45) is 5.07. The molecule has 1 aromatic carbocycles. The standard InChI is InChI=1S/C18H26N4OS/c1-6-7-22-15-9-16(23-5)13(11-20-21-17(19)24)8-14(15)12(2)10-18(22,3)4/h8-11H,6-7H2,1-5H3,(H3,19,21,24)/b20-11-. The van der Waals surface area contributed by atoms with Gasteiger partial charge in [0.1, 0.15) is 5.75 Å². The van der Waals surface area contributed by atoms with Crippen molar-refractivity contribution in [2.75, 3.05) is 18.6 Å². The molecule has 0 aromatic heterocycles. The number of fused-ring (bicyclic) bond motifs is 1. The zero-order valence-corrected chi connectivity index (χ0v) is 15.8. The van der Waals surface area contributed by atoms with Crippen LogP contribution in [-0.4, -0.2) is 30.5 Å². The van der Waals surface area contributed by atoms with Crippen LogP contribution >= 0.6 is 12.2 Å². The number of hydrogen-bond acceptors (Lipinski definition) is 4. The smallest absolute Gasteiger partial charge is 0.184 e. The van der Waals surface area contributed by atoms with Crippen molar-refractivity contribution < 1.29 is 4.74 Å². The minimum Gasteiger partial charge on any atom is -0.496 e. The Bertz CT molecular complexity index is 695. The number of nitrogens with two attached hydrogens (primary N) is 1. The SMILES string of the molecule is CCCN1c2cc(OC)c(/C=N\NC(N)=S)cc2C(C)=CC1(C)C. The fourth-order valence-electron chi connectivity index (χ4n) is 3.20. The first-order valence-corrected chi connectivity index (χ1v) is 8.49. The maximum absolute atomic E-state index is 5.57. The number of allylic oxidation sites excluding steroid dienone is 1. The maximum Gasteiger partial charge on any atom is 0.184 e. The number of ether oxygens (including phenoxy) is 1. The van der Waals surface area contributed by atoms with Gasteiger partial charge in [-0.05, 0) is 51.0 Å². The molecule has 1 aliphatic rings. The minimum atomic E-state index is -0.0268. The lowest BCUT2D eigenvalue weighted by molar-refractivity contribution is 0.413. The molecular formula is C18H26N4OS. The van der Waals surface area contributed by atoms with Crippen LogP contribution in [-0.2, 0) is 0 Å². The molecule has 1 aromatic rings. The monoisotopic (exact) mass is 346 g/mol. The summed E-state index contributed by atoms with van der Waals surface area (Å²) in [4.78, 5) is 2.42. The van der Waals surface area contributed by atoms with E-state index in [9.17, 15) is 0 Å². The van der Waals surface area contributed by atoms with Gasteiger partial charge in [0.2, 0.25) is 0 Å². The van der Waals surface area contributed by atoms with Gasteiger partial charge in [-0.3, -0.25) is 5.43 Å². The molecule has 5 nitrogen and oxygen atoms in total. The lowest BCUT2D eigenvalue weighted by atomic mass is 9.87. The molecule has 1 heterocycles. The second-order valence-electron chi connectivity index (χ2n) is 6.48. The van der Waals surface area contributed by atoms with Gasteiger partial charge in [-0.25, -0.2) is 0 Å². The first-order valence-electron chi connectivity index (χ1n) is 8.08. The maximum atomic E-state index is 5.57. The number of benzene rings is 1. The van der Waals surface area contributed by atoms with Crippen LogP contribution in [0.3, 0.4) is 0 Å². The van der Waals surface area contributed by atoms with E-state index in [2.05, 4.69) is 61.3 Å². The second kappa shape index (κ2) is 7.21. The molecule has 24 heavy (non-hydrogen) atoms. The topological polar surface area (TPSA) is 62.9 Å². The van der Waals surface area contributed by atoms with Crippen molar-refractivity contribution in [3.05, 3.63) is 29.3 Å². The van der Waals surface area contributed by atoms with E-state index in [-0.39, 0.29) is 10.7 Å². The molecule has 0 aliphatic carbocycles. The molecule has 0 saturated heterocycles. The highest BCUT2D eigenvalue weighted by Crippen LogP contribution is 2.41. The van der Waals surface area contributed by atoms with Crippen LogP contribution in [0.5, 0.6) is 5.75 Å². The van der Waals surface area contributed by atoms with Crippen molar-refractivity contribution in [2.24, 2.45) is 10.8 Å². The first-order chi connectivity index (χ1) is 11.3. The highest BCUT2D eigenvalue weighted by atomic mass is 32.1. The Morgan fingerprint density at radius 1 is 1.46 bits per heavy atom. The van der Waals surface area contributed by atoms with E-state index >= 15 is 0 Å². The number of thiocarbonyl (C=S) groups is 1. The fourth-order valence-corrected chi connectivity index (χ4v) is 3.25. The van der Waals surface area contributed by atoms with E-state index in [4.69, 9.17) is 22.7 Å². The van der Waals surface area contributed by atoms with Crippen molar-refractivity contribution in [3.8, 4) is 5.75 Å². The molecule has 130 valence electrons. The molecule has 0 unspecified atom stereocenters. The number of nitrogens with zero attached hydrogens (tertiary/aromatic N) is 2. The van der Waals surface area contributed by atoms with Gasteiger partial charge in [0.15, 0.2) is 5.11 Å². The molecule has 2 rings (SSSR count). The number of hydrazone groups is 1. The molecule has 0 spiro atoms. The average molecular weight is 347 g/mol. The highest BCUT2D eigenvalue weighted by molar-refractivity contribution is 7.80. The average Bonchev–Trinajstić information content (AvgIpc) is 2.50. The van der Waals surface area contributed by atoms with Crippen LogP contribution in [0.4, 0.5) is 5.69 Å². The summed E-state index contributed by atoms with van der Waals surface area (Å²) in [5, 5.41) is 4.19. The first kappa shape index (κ1) is 18.3. The molecule has 6 heteroatoms. The van der Waals surface area contributed by atoms with Crippen LogP contribution in [0.25, 0.3) is 5.57 Å². The van der Waals surface area contributed by atoms with Gasteiger partial charge in [0.05, 0.1) is 18.9 Å². The lowest BCUT2D eigenvalue weighted by Crippen LogP contribution is -2.45. The molecule has 0 amide bonds. The zero-order valence-electron chi connectivity index (χ0n) is 15.0. The summed E-state index contributed by atoms with van der Waals surface area (Å²) in [5.41, 5.74) is 12.5. The molecule has 0 radical (unpaired) electrons. The molecule has 0 saturated carbocycles. The van der Waals surface area contributed by atoms with Gasteiger partial charge >= 0.3 is 0 Å². The third kappa shape index (κ3) is 3.70. The summed E-state index contributed by atoms with van der Waals surface area (Å²) < 4.78 is 5.57. The number of nitrogens with one attached hydrogen (secondary N) is 1. The van der Waals surface area contributed by atoms with E-state index < -0.39 is 0 Å². The summed E-state index contributed by atoms with van der Waals surface area (Å²) in [6, 6.07) is 4.19. The van der Waals surface area contributed by atoms with Gasteiger partial charge in [-0.1, -0.05) is 13.0 Å². The highest BCUT2D eigenvalue weighted by Gasteiger charge is 2.31. The van der Waals surface area contributed by atoms with E-state index in [1.54, 1.807) is 13.3 Å². The van der Waals surface area contributed by atoms with Gasteiger partial charge < -0.3 is 15.4 Å². The van der Waals surface area contributed by atoms with E-state index in [1.165, 1.54) is 16.8 Å². The van der Waals surface area contributed by atoms with E-state index in [1.807, 2.05) is 0 Å². The summed E-state index contributed by atoms with van der Waals surface area (Å²) >= 11 is 4.76. The van der Waals surface area contributed by atoms with Gasteiger partial charge in [-0.2, -0.15) is 5.10 Å². The van der Waals surface area contributed by atoms with Crippen LogP contribution in [0.15, 0.2) is 23.3 Å². The largest absolute Gasteiger partial charge is 0.496 e. The van der Waals surface area contributed by atoms with Crippen molar-refractivity contribution in [1.29, 1.82) is 0 Å². The van der Waals surface area contributed by atoms with Crippen molar-refractivity contribution in [2.45, 2.75) is 39.7 Å². The van der Waals surface area contributed by atoms with Gasteiger partial charge in [-0.15, -0.1) is 0 Å². The fraction of sp³-hybridized carbons (Fsp3) is 0.444. The summed E-state index contributed by atoms with van der Waals surface area (Å²) in [7, 11) is 1.67. The molecule has 3 N–H and O–H groups in total. The van der Waals surface area contributed by atoms with Gasteiger partial charge in [0, 0.05) is 29.4 Å². The summed E-state index contributed by atoms with van der Waals surface area (Å²) in [6.45, 7) is 9.81. The van der Waals surface area contributed by atoms with E-state index in [0.29, 0.717) is 0 Å². The van der Waals surface area contributed by atoms with Crippen LogP contribution in [0.2, 0.25) is 0 Å². The van der Waals surface area contributed by atoms with Crippen LogP contribution < -0.4 is 20.8 Å². The Hall–Kier alpha value is -2.08. The normalized spacial score (nSPS) is 15.9. The quantitative estimate of drug-likeness (QED) is 0.487.